The summed E-state index contributed by atoms with van der Waals surface area (Å²) in [7, 11) is 0. The Balaban J connectivity index is 2.19. The lowest BCUT2D eigenvalue weighted by Gasteiger charge is -2.31. The second-order valence-corrected chi connectivity index (χ2v) is 8.86. The smallest absolute Gasteiger partial charge is 0.242 e. The highest BCUT2D eigenvalue weighted by molar-refractivity contribution is 7.09. The van der Waals surface area contributed by atoms with Crippen molar-refractivity contribution < 1.29 is 14.0 Å². The van der Waals surface area contributed by atoms with Gasteiger partial charge in [-0.15, -0.1) is 11.3 Å². The van der Waals surface area contributed by atoms with Crippen LogP contribution in [0.1, 0.15) is 51.0 Å². The van der Waals surface area contributed by atoms with Crippen LogP contribution < -0.4 is 0 Å². The van der Waals surface area contributed by atoms with Crippen molar-refractivity contribution in [3.63, 3.8) is 0 Å². The number of hydrogen-bond acceptors (Lipinski definition) is 3. The van der Waals surface area contributed by atoms with Crippen LogP contribution in [0.3, 0.4) is 0 Å². The lowest BCUT2D eigenvalue weighted by molar-refractivity contribution is -0.143. The average Bonchev–Trinajstić information content (AvgIpc) is 3.19. The van der Waals surface area contributed by atoms with E-state index in [2.05, 4.69) is 0 Å². The summed E-state index contributed by atoms with van der Waals surface area (Å²) in [5.41, 5.74) is 0.861. The Hall–Kier alpha value is -2.21. The lowest BCUT2D eigenvalue weighted by Crippen LogP contribution is -2.46. The van der Waals surface area contributed by atoms with E-state index in [9.17, 15) is 14.0 Å². The van der Waals surface area contributed by atoms with E-state index in [4.69, 9.17) is 0 Å². The van der Waals surface area contributed by atoms with Crippen LogP contribution in [0.4, 0.5) is 4.39 Å². The van der Waals surface area contributed by atoms with Gasteiger partial charge in [-0.05, 0) is 48.4 Å². The van der Waals surface area contributed by atoms with Crippen LogP contribution in [-0.4, -0.2) is 34.2 Å². The first-order chi connectivity index (χ1) is 13.8. The molecule has 6 heteroatoms. The van der Waals surface area contributed by atoms with Gasteiger partial charge in [0.1, 0.15) is 12.4 Å². The third kappa shape index (κ3) is 7.28. The van der Waals surface area contributed by atoms with Gasteiger partial charge in [-0.3, -0.25) is 9.59 Å². The minimum Gasteiger partial charge on any atom is -0.332 e. The van der Waals surface area contributed by atoms with E-state index in [1.54, 1.807) is 33.3 Å². The van der Waals surface area contributed by atoms with Gasteiger partial charge >= 0.3 is 0 Å². The molecule has 0 aliphatic carbocycles. The van der Waals surface area contributed by atoms with E-state index >= 15 is 0 Å². The zero-order chi connectivity index (χ0) is 21.4. The number of rotatable bonds is 10. The Kier molecular flexibility index (Phi) is 8.83. The minimum atomic E-state index is -0.299. The topological polar surface area (TPSA) is 40.6 Å². The molecule has 0 fully saturated rings. The molecule has 2 amide bonds. The molecular weight excluding hydrogens is 387 g/mol. The number of carbonyl (C=O) groups excluding carboxylic acids is 2. The summed E-state index contributed by atoms with van der Waals surface area (Å²) in [4.78, 5) is 30.5. The summed E-state index contributed by atoms with van der Waals surface area (Å²) < 4.78 is 13.3. The van der Waals surface area contributed by atoms with Crippen LogP contribution in [0.2, 0.25) is 0 Å². The van der Waals surface area contributed by atoms with E-state index in [1.165, 1.54) is 12.1 Å². The van der Waals surface area contributed by atoms with E-state index in [0.29, 0.717) is 19.5 Å². The molecule has 29 heavy (non-hydrogen) atoms. The van der Waals surface area contributed by atoms with Crippen molar-refractivity contribution in [1.82, 2.24) is 9.80 Å². The molecule has 0 radical (unpaired) electrons. The van der Waals surface area contributed by atoms with E-state index in [0.717, 1.165) is 16.9 Å². The highest BCUT2D eigenvalue weighted by atomic mass is 32.1. The molecule has 0 unspecified atom stereocenters. The van der Waals surface area contributed by atoms with E-state index in [1.807, 2.05) is 45.2 Å². The maximum absolute atomic E-state index is 13.3. The first-order valence-corrected chi connectivity index (χ1v) is 11.0. The summed E-state index contributed by atoms with van der Waals surface area (Å²) >= 11 is 1.59. The summed E-state index contributed by atoms with van der Waals surface area (Å²) in [6.07, 6.45) is 1.22. The van der Waals surface area contributed by atoms with Crippen LogP contribution in [0.15, 0.2) is 41.8 Å². The molecular formula is C23H31FN2O2S. The molecule has 0 saturated carbocycles. The molecule has 1 atom stereocenters. The van der Waals surface area contributed by atoms with Crippen molar-refractivity contribution >= 4 is 23.2 Å². The first-order valence-electron chi connectivity index (χ1n) is 10.1. The van der Waals surface area contributed by atoms with Crippen LogP contribution in [-0.2, 0) is 22.7 Å². The molecule has 0 N–H and O–H groups in total. The summed E-state index contributed by atoms with van der Waals surface area (Å²) in [5.74, 6) is -0.140. The summed E-state index contributed by atoms with van der Waals surface area (Å²) in [6.45, 7) is 8.93. The van der Waals surface area contributed by atoms with Crippen LogP contribution in [0, 0.1) is 11.7 Å². The standard InChI is InChI=1S/C23H31FN2O2S/c1-5-18(4)26(22(27)13-17(2)3)16-23(28)25(15-21-7-6-12-29-21)14-19-8-10-20(24)11-9-19/h6-12,17-18H,5,13-16H2,1-4H3/t18-/m1/s1. The second-order valence-electron chi connectivity index (χ2n) is 7.83. The highest BCUT2D eigenvalue weighted by Crippen LogP contribution is 2.17. The molecule has 0 bridgehead atoms. The number of hydrogen-bond donors (Lipinski definition) is 0. The van der Waals surface area contributed by atoms with Crippen molar-refractivity contribution in [2.24, 2.45) is 5.92 Å². The molecule has 0 aliphatic rings. The molecule has 158 valence electrons. The monoisotopic (exact) mass is 418 g/mol. The van der Waals surface area contributed by atoms with Gasteiger partial charge in [-0.25, -0.2) is 4.39 Å². The van der Waals surface area contributed by atoms with Gasteiger partial charge in [0, 0.05) is 23.9 Å². The Morgan fingerprint density at radius 1 is 1.03 bits per heavy atom. The normalized spacial score (nSPS) is 12.1. The predicted octanol–water partition coefficient (Wildman–Crippen LogP) is 5.09. The molecule has 1 aromatic heterocycles. The van der Waals surface area contributed by atoms with E-state index in [-0.39, 0.29) is 36.1 Å². The first kappa shape index (κ1) is 23.1. The van der Waals surface area contributed by atoms with Gasteiger partial charge in [0.2, 0.25) is 11.8 Å². The second kappa shape index (κ2) is 11.1. The fourth-order valence-corrected chi connectivity index (χ4v) is 3.77. The predicted molar refractivity (Wildman–Crippen MR) is 116 cm³/mol. The Bertz CT molecular complexity index is 775. The van der Waals surface area contributed by atoms with Crippen molar-refractivity contribution in [3.05, 3.63) is 58.0 Å². The van der Waals surface area contributed by atoms with Crippen LogP contribution in [0.25, 0.3) is 0 Å². The SMILES string of the molecule is CC[C@@H](C)N(CC(=O)N(Cc1ccc(F)cc1)Cc1cccs1)C(=O)CC(C)C. The quantitative estimate of drug-likeness (QED) is 0.539. The molecule has 4 nitrogen and oxygen atoms in total. The number of halogens is 1. The molecule has 0 spiro atoms. The van der Waals surface area contributed by atoms with E-state index < -0.39 is 0 Å². The Morgan fingerprint density at radius 2 is 1.72 bits per heavy atom. The number of carbonyl (C=O) groups is 2. The Morgan fingerprint density at radius 3 is 2.28 bits per heavy atom. The lowest BCUT2D eigenvalue weighted by atomic mass is 10.1. The maximum Gasteiger partial charge on any atom is 0.242 e. The fourth-order valence-electron chi connectivity index (χ4n) is 3.06. The molecule has 0 aliphatic heterocycles. The highest BCUT2D eigenvalue weighted by Gasteiger charge is 2.25. The van der Waals surface area contributed by atoms with Gasteiger partial charge in [0.15, 0.2) is 0 Å². The zero-order valence-corrected chi connectivity index (χ0v) is 18.5. The minimum absolute atomic E-state index is 0.000362. The molecule has 2 aromatic rings. The van der Waals surface area contributed by atoms with Crippen molar-refractivity contribution in [2.45, 2.75) is 59.7 Å². The zero-order valence-electron chi connectivity index (χ0n) is 17.7. The number of benzene rings is 1. The molecule has 1 heterocycles. The van der Waals surface area contributed by atoms with Crippen LogP contribution in [0.5, 0.6) is 0 Å². The third-order valence-corrected chi connectivity index (χ3v) is 5.76. The third-order valence-electron chi connectivity index (χ3n) is 4.90. The van der Waals surface area contributed by atoms with Gasteiger partial charge in [0.05, 0.1) is 6.54 Å². The van der Waals surface area contributed by atoms with Crippen molar-refractivity contribution in [2.75, 3.05) is 6.54 Å². The van der Waals surface area contributed by atoms with Crippen molar-refractivity contribution in [1.29, 1.82) is 0 Å². The molecule has 0 saturated heterocycles. The molecule has 2 rings (SSSR count). The summed E-state index contributed by atoms with van der Waals surface area (Å²) in [6, 6.07) is 10.1. The van der Waals surface area contributed by atoms with Gasteiger partial charge < -0.3 is 9.80 Å². The average molecular weight is 419 g/mol. The maximum atomic E-state index is 13.3. The van der Waals surface area contributed by atoms with Gasteiger partial charge in [-0.2, -0.15) is 0 Å². The van der Waals surface area contributed by atoms with Gasteiger partial charge in [-0.1, -0.05) is 39.0 Å². The Labute approximate surface area is 177 Å². The van der Waals surface area contributed by atoms with Crippen LogP contribution >= 0.6 is 11.3 Å². The fraction of sp³-hybridized carbons (Fsp3) is 0.478. The van der Waals surface area contributed by atoms with Crippen molar-refractivity contribution in [3.8, 4) is 0 Å². The largest absolute Gasteiger partial charge is 0.332 e. The number of thiophene rings is 1. The van der Waals surface area contributed by atoms with Gasteiger partial charge in [0.25, 0.3) is 0 Å². The number of amides is 2. The summed E-state index contributed by atoms with van der Waals surface area (Å²) in [5, 5.41) is 1.98. The number of nitrogens with zero attached hydrogens (tertiary/aromatic N) is 2. The molecule has 1 aromatic carbocycles.